The van der Waals surface area contributed by atoms with Crippen LogP contribution < -0.4 is 5.32 Å². The fraction of sp³-hybridized carbons (Fsp3) is 0.125. The Labute approximate surface area is 122 Å². The van der Waals surface area contributed by atoms with E-state index >= 15 is 0 Å². The molecule has 2 aromatic rings. The number of hydrogen-bond acceptors (Lipinski definition) is 2. The van der Waals surface area contributed by atoms with Crippen molar-refractivity contribution < 1.29 is 14.7 Å². The zero-order valence-corrected chi connectivity index (χ0v) is 11.4. The Morgan fingerprint density at radius 2 is 1.52 bits per heavy atom. The van der Waals surface area contributed by atoms with Crippen molar-refractivity contribution >= 4 is 17.7 Å². The zero-order valence-electron chi connectivity index (χ0n) is 11.4. The van der Waals surface area contributed by atoms with Crippen molar-refractivity contribution in [3.05, 3.63) is 66.2 Å². The Bertz CT molecular complexity index is 599. The molecule has 2 N–H and O–H groups in total. The van der Waals surface area contributed by atoms with Crippen LogP contribution in [0.4, 0.5) is 10.5 Å². The molecule has 0 aliphatic heterocycles. The largest absolute Gasteiger partial charge is 0.480 e. The molecule has 5 heteroatoms. The summed E-state index contributed by atoms with van der Waals surface area (Å²) in [6.45, 7) is -0.112. The van der Waals surface area contributed by atoms with Crippen LogP contribution in [0.15, 0.2) is 60.7 Å². The summed E-state index contributed by atoms with van der Waals surface area (Å²) in [6.07, 6.45) is 0. The van der Waals surface area contributed by atoms with Crippen molar-refractivity contribution in [3.63, 3.8) is 0 Å². The summed E-state index contributed by atoms with van der Waals surface area (Å²) in [5.74, 6) is -1.05. The molecule has 0 saturated carbocycles. The lowest BCUT2D eigenvalue weighted by atomic mass is 10.2. The van der Waals surface area contributed by atoms with Crippen LogP contribution in [0, 0.1) is 0 Å². The average molecular weight is 284 g/mol. The number of carboxylic acid groups (broad SMARTS) is 1. The third-order valence-electron chi connectivity index (χ3n) is 2.85. The number of para-hydroxylation sites is 1. The van der Waals surface area contributed by atoms with Crippen molar-refractivity contribution in [2.24, 2.45) is 0 Å². The molecule has 0 atom stereocenters. The van der Waals surface area contributed by atoms with Crippen molar-refractivity contribution in [2.45, 2.75) is 6.54 Å². The Kier molecular flexibility index (Phi) is 4.93. The average Bonchev–Trinajstić information content (AvgIpc) is 2.48. The molecule has 0 unspecified atom stereocenters. The van der Waals surface area contributed by atoms with Gasteiger partial charge in [-0.3, -0.25) is 4.79 Å². The number of hydrogen-bond donors (Lipinski definition) is 2. The quantitative estimate of drug-likeness (QED) is 0.887. The molecule has 2 aromatic carbocycles. The summed E-state index contributed by atoms with van der Waals surface area (Å²) in [5, 5.41) is 11.6. The van der Waals surface area contributed by atoms with Crippen molar-refractivity contribution in [3.8, 4) is 0 Å². The maximum absolute atomic E-state index is 12.2. The van der Waals surface area contributed by atoms with E-state index in [2.05, 4.69) is 5.32 Å². The number of amides is 2. The number of benzene rings is 2. The van der Waals surface area contributed by atoms with E-state index in [1.807, 2.05) is 36.4 Å². The van der Waals surface area contributed by atoms with Crippen LogP contribution in [0.3, 0.4) is 0 Å². The molecule has 2 rings (SSSR count). The van der Waals surface area contributed by atoms with Crippen LogP contribution >= 0.6 is 0 Å². The predicted molar refractivity (Wildman–Crippen MR) is 79.9 cm³/mol. The van der Waals surface area contributed by atoms with Gasteiger partial charge in [0.05, 0.1) is 0 Å². The van der Waals surface area contributed by atoms with Gasteiger partial charge in [-0.05, 0) is 17.7 Å². The molecule has 0 fully saturated rings. The fourth-order valence-corrected chi connectivity index (χ4v) is 1.89. The van der Waals surface area contributed by atoms with Gasteiger partial charge in [-0.1, -0.05) is 48.5 Å². The highest BCUT2D eigenvalue weighted by Crippen LogP contribution is 2.09. The van der Waals surface area contributed by atoms with Gasteiger partial charge in [0.1, 0.15) is 6.54 Å². The van der Waals surface area contributed by atoms with Gasteiger partial charge >= 0.3 is 12.0 Å². The first-order valence-corrected chi connectivity index (χ1v) is 6.52. The Morgan fingerprint density at radius 3 is 2.10 bits per heavy atom. The summed E-state index contributed by atoms with van der Waals surface area (Å²) in [5.41, 5.74) is 1.51. The van der Waals surface area contributed by atoms with Gasteiger partial charge in [0.15, 0.2) is 0 Å². The third kappa shape index (κ3) is 4.65. The maximum Gasteiger partial charge on any atom is 0.323 e. The SMILES string of the molecule is O=C(O)CN(Cc1ccccc1)C(=O)Nc1ccccc1. The number of carbonyl (C=O) groups is 2. The molecule has 0 radical (unpaired) electrons. The molecule has 0 spiro atoms. The van der Waals surface area contributed by atoms with Crippen LogP contribution in [-0.2, 0) is 11.3 Å². The van der Waals surface area contributed by atoms with Crippen LogP contribution in [0.1, 0.15) is 5.56 Å². The summed E-state index contributed by atoms with van der Waals surface area (Å²) >= 11 is 0. The molecule has 0 aliphatic carbocycles. The Hall–Kier alpha value is -2.82. The Morgan fingerprint density at radius 1 is 0.952 bits per heavy atom. The highest BCUT2D eigenvalue weighted by Gasteiger charge is 2.17. The summed E-state index contributed by atoms with van der Waals surface area (Å²) in [4.78, 5) is 24.4. The first kappa shape index (κ1) is 14.6. The highest BCUT2D eigenvalue weighted by atomic mass is 16.4. The summed E-state index contributed by atoms with van der Waals surface area (Å²) in [7, 11) is 0. The Balaban J connectivity index is 2.08. The van der Waals surface area contributed by atoms with Crippen molar-refractivity contribution in [2.75, 3.05) is 11.9 Å². The monoisotopic (exact) mass is 284 g/mol. The topological polar surface area (TPSA) is 69.6 Å². The van der Waals surface area contributed by atoms with E-state index in [0.29, 0.717) is 5.69 Å². The molecule has 0 saturated heterocycles. The highest BCUT2D eigenvalue weighted by molar-refractivity contribution is 5.91. The number of urea groups is 1. The van der Waals surface area contributed by atoms with Gasteiger partial charge in [-0.25, -0.2) is 4.79 Å². The number of carbonyl (C=O) groups excluding carboxylic acids is 1. The van der Waals surface area contributed by atoms with E-state index in [-0.39, 0.29) is 13.1 Å². The number of carboxylic acids is 1. The van der Waals surface area contributed by atoms with E-state index in [0.717, 1.165) is 5.56 Å². The molecule has 0 heterocycles. The fourth-order valence-electron chi connectivity index (χ4n) is 1.89. The van der Waals surface area contributed by atoms with Crippen LogP contribution in [-0.4, -0.2) is 28.6 Å². The first-order valence-electron chi connectivity index (χ1n) is 6.52. The molecular weight excluding hydrogens is 268 g/mol. The van der Waals surface area contributed by atoms with Crippen LogP contribution in [0.5, 0.6) is 0 Å². The van der Waals surface area contributed by atoms with E-state index in [9.17, 15) is 9.59 Å². The normalized spacial score (nSPS) is 9.90. The van der Waals surface area contributed by atoms with Gasteiger partial charge in [0.25, 0.3) is 0 Å². The van der Waals surface area contributed by atoms with Gasteiger partial charge in [0, 0.05) is 12.2 Å². The first-order chi connectivity index (χ1) is 10.1. The minimum Gasteiger partial charge on any atom is -0.480 e. The van der Waals surface area contributed by atoms with Gasteiger partial charge in [0.2, 0.25) is 0 Å². The second-order valence-electron chi connectivity index (χ2n) is 4.53. The smallest absolute Gasteiger partial charge is 0.323 e. The maximum atomic E-state index is 12.2. The van der Waals surface area contributed by atoms with Crippen molar-refractivity contribution in [1.82, 2.24) is 4.90 Å². The lowest BCUT2D eigenvalue weighted by Gasteiger charge is -2.21. The molecular formula is C16H16N2O3. The van der Waals surface area contributed by atoms with Gasteiger partial charge in [-0.15, -0.1) is 0 Å². The molecule has 21 heavy (non-hydrogen) atoms. The lowest BCUT2D eigenvalue weighted by Crippen LogP contribution is -2.38. The number of nitrogens with zero attached hydrogens (tertiary/aromatic N) is 1. The minimum absolute atomic E-state index is 0.242. The van der Waals surface area contributed by atoms with Crippen LogP contribution in [0.25, 0.3) is 0 Å². The molecule has 2 amide bonds. The second-order valence-corrected chi connectivity index (χ2v) is 4.53. The molecule has 5 nitrogen and oxygen atoms in total. The van der Waals surface area contributed by atoms with Gasteiger partial charge in [-0.2, -0.15) is 0 Å². The summed E-state index contributed by atoms with van der Waals surface area (Å²) in [6, 6.07) is 17.8. The molecule has 108 valence electrons. The van der Waals surface area contributed by atoms with Crippen LogP contribution in [0.2, 0.25) is 0 Å². The minimum atomic E-state index is -1.05. The van der Waals surface area contributed by atoms with Crippen molar-refractivity contribution in [1.29, 1.82) is 0 Å². The number of anilines is 1. The third-order valence-corrected chi connectivity index (χ3v) is 2.85. The molecule has 0 bridgehead atoms. The molecule has 0 aromatic heterocycles. The number of nitrogens with one attached hydrogen (secondary N) is 1. The van der Waals surface area contributed by atoms with E-state index in [1.165, 1.54) is 4.90 Å². The second kappa shape index (κ2) is 7.09. The summed E-state index contributed by atoms with van der Waals surface area (Å²) < 4.78 is 0. The molecule has 0 aliphatic rings. The zero-order chi connectivity index (χ0) is 15.1. The van der Waals surface area contributed by atoms with E-state index in [4.69, 9.17) is 5.11 Å². The predicted octanol–water partition coefficient (Wildman–Crippen LogP) is 2.81. The number of rotatable bonds is 5. The van der Waals surface area contributed by atoms with E-state index in [1.54, 1.807) is 24.3 Å². The standard InChI is InChI=1S/C16H16N2O3/c19-15(20)12-18(11-13-7-3-1-4-8-13)16(21)17-14-9-5-2-6-10-14/h1-10H,11-12H2,(H,17,21)(H,19,20). The number of aliphatic carboxylic acids is 1. The van der Waals surface area contributed by atoms with Gasteiger partial charge < -0.3 is 15.3 Å². The van der Waals surface area contributed by atoms with E-state index < -0.39 is 12.0 Å². The lowest BCUT2D eigenvalue weighted by molar-refractivity contribution is -0.137.